The third-order valence-electron chi connectivity index (χ3n) is 4.57. The topological polar surface area (TPSA) is 71.8 Å². The Labute approximate surface area is 180 Å². The summed E-state index contributed by atoms with van der Waals surface area (Å²) in [6, 6.07) is 19.2. The number of nitrogens with zero attached hydrogens (tertiary/aromatic N) is 1. The van der Waals surface area contributed by atoms with Crippen LogP contribution in [-0.4, -0.2) is 29.4 Å². The Hall–Kier alpha value is -3.25. The Morgan fingerprint density at radius 1 is 1.07 bits per heavy atom. The largest absolute Gasteiger partial charge is 0.482 e. The van der Waals surface area contributed by atoms with Crippen molar-refractivity contribution < 1.29 is 18.7 Å². The van der Waals surface area contributed by atoms with E-state index < -0.39 is 6.04 Å². The minimum absolute atomic E-state index is 0.230. The van der Waals surface area contributed by atoms with Crippen LogP contribution in [0.4, 0.5) is 0 Å². The predicted molar refractivity (Wildman–Crippen MR) is 114 cm³/mol. The molecule has 1 atom stereocenters. The zero-order chi connectivity index (χ0) is 21.3. The number of hydrogen-bond donors (Lipinski definition) is 1. The lowest BCUT2D eigenvalue weighted by Gasteiger charge is -2.28. The summed E-state index contributed by atoms with van der Waals surface area (Å²) < 4.78 is 10.8. The Bertz CT molecular complexity index is 960. The molecule has 6 nitrogen and oxygen atoms in total. The first-order chi connectivity index (χ1) is 14.5. The minimum Gasteiger partial charge on any atom is -0.482 e. The number of benzene rings is 2. The highest BCUT2D eigenvalue weighted by Gasteiger charge is 2.26. The van der Waals surface area contributed by atoms with Gasteiger partial charge in [0, 0.05) is 6.54 Å². The highest BCUT2D eigenvalue weighted by molar-refractivity contribution is 6.32. The van der Waals surface area contributed by atoms with Crippen LogP contribution >= 0.6 is 11.6 Å². The van der Waals surface area contributed by atoms with E-state index in [0.717, 1.165) is 5.56 Å². The summed E-state index contributed by atoms with van der Waals surface area (Å²) in [5.41, 5.74) is 0.911. The molecule has 0 aliphatic carbocycles. The lowest BCUT2D eigenvalue weighted by molar-refractivity contribution is -0.142. The molecule has 0 aliphatic heterocycles. The van der Waals surface area contributed by atoms with Gasteiger partial charge < -0.3 is 19.4 Å². The summed E-state index contributed by atoms with van der Waals surface area (Å²) in [5.74, 6) is 0.452. The number of furan rings is 1. The third kappa shape index (κ3) is 5.87. The number of halogens is 1. The van der Waals surface area contributed by atoms with Gasteiger partial charge in [0.05, 0.1) is 17.8 Å². The van der Waals surface area contributed by atoms with E-state index in [1.165, 1.54) is 4.90 Å². The van der Waals surface area contributed by atoms with Crippen molar-refractivity contribution >= 4 is 23.4 Å². The van der Waals surface area contributed by atoms with Crippen LogP contribution in [0.3, 0.4) is 0 Å². The van der Waals surface area contributed by atoms with E-state index >= 15 is 0 Å². The number of carbonyl (C=O) groups is 2. The molecule has 30 heavy (non-hydrogen) atoms. The van der Waals surface area contributed by atoms with E-state index in [1.54, 1.807) is 49.6 Å². The van der Waals surface area contributed by atoms with Crippen molar-refractivity contribution in [1.29, 1.82) is 0 Å². The van der Waals surface area contributed by atoms with Gasteiger partial charge >= 0.3 is 0 Å². The molecule has 156 valence electrons. The van der Waals surface area contributed by atoms with Gasteiger partial charge in [0.1, 0.15) is 17.6 Å². The van der Waals surface area contributed by atoms with E-state index in [2.05, 4.69) is 5.32 Å². The number of hydrogen-bond acceptors (Lipinski definition) is 4. The van der Waals surface area contributed by atoms with Crippen LogP contribution < -0.4 is 10.1 Å². The number of ether oxygens (including phenoxy) is 1. The molecule has 0 spiro atoms. The molecule has 0 radical (unpaired) electrons. The summed E-state index contributed by atoms with van der Waals surface area (Å²) in [6.07, 6.45) is 1.54. The van der Waals surface area contributed by atoms with Gasteiger partial charge in [-0.3, -0.25) is 9.59 Å². The SMILES string of the molecule is CC(C(=O)NCc1ccco1)N(Cc1ccccc1)C(=O)COc1ccccc1Cl. The average Bonchev–Trinajstić information content (AvgIpc) is 3.29. The average molecular weight is 427 g/mol. The summed E-state index contributed by atoms with van der Waals surface area (Å²) in [7, 11) is 0. The van der Waals surface area contributed by atoms with Crippen LogP contribution in [0.1, 0.15) is 18.2 Å². The van der Waals surface area contributed by atoms with Crippen LogP contribution in [0, 0.1) is 0 Å². The first kappa shape index (κ1) is 21.5. The molecule has 0 bridgehead atoms. The molecule has 0 saturated carbocycles. The summed E-state index contributed by atoms with van der Waals surface area (Å²) in [5, 5.41) is 3.22. The maximum absolute atomic E-state index is 13.0. The second kappa shape index (κ2) is 10.5. The Balaban J connectivity index is 1.69. The predicted octanol–water partition coefficient (Wildman–Crippen LogP) is 4.05. The fourth-order valence-corrected chi connectivity index (χ4v) is 3.07. The van der Waals surface area contributed by atoms with Gasteiger partial charge in [-0.1, -0.05) is 54.1 Å². The van der Waals surface area contributed by atoms with Crippen molar-refractivity contribution in [3.8, 4) is 5.75 Å². The number of nitrogens with one attached hydrogen (secondary N) is 1. The van der Waals surface area contributed by atoms with E-state index in [1.807, 2.05) is 30.3 Å². The van der Waals surface area contributed by atoms with Crippen LogP contribution in [0.25, 0.3) is 0 Å². The summed E-state index contributed by atoms with van der Waals surface area (Å²) in [6.45, 7) is 1.99. The van der Waals surface area contributed by atoms with E-state index in [-0.39, 0.29) is 31.5 Å². The fourth-order valence-electron chi connectivity index (χ4n) is 2.88. The molecule has 1 unspecified atom stereocenters. The van der Waals surface area contributed by atoms with Crippen LogP contribution in [0.15, 0.2) is 77.4 Å². The molecule has 2 amide bonds. The highest BCUT2D eigenvalue weighted by Crippen LogP contribution is 2.23. The van der Waals surface area contributed by atoms with Gasteiger partial charge in [0.25, 0.3) is 5.91 Å². The molecule has 0 aliphatic rings. The van der Waals surface area contributed by atoms with E-state index in [4.69, 9.17) is 20.8 Å². The van der Waals surface area contributed by atoms with Gasteiger partial charge in [-0.25, -0.2) is 0 Å². The Morgan fingerprint density at radius 2 is 1.80 bits per heavy atom. The molecule has 3 aromatic rings. The smallest absolute Gasteiger partial charge is 0.261 e. The first-order valence-electron chi connectivity index (χ1n) is 9.55. The Morgan fingerprint density at radius 3 is 2.50 bits per heavy atom. The van der Waals surface area contributed by atoms with Crippen molar-refractivity contribution in [3.05, 3.63) is 89.3 Å². The van der Waals surface area contributed by atoms with Crippen molar-refractivity contribution in [2.75, 3.05) is 6.61 Å². The lowest BCUT2D eigenvalue weighted by Crippen LogP contribution is -2.48. The normalized spacial score (nSPS) is 11.5. The second-order valence-corrected chi connectivity index (χ2v) is 7.11. The van der Waals surface area contributed by atoms with Crippen molar-refractivity contribution in [2.24, 2.45) is 0 Å². The molecular formula is C23H23ClN2O4. The van der Waals surface area contributed by atoms with Gasteiger partial charge in [-0.05, 0) is 36.8 Å². The molecule has 1 heterocycles. The van der Waals surface area contributed by atoms with Crippen LogP contribution in [0.2, 0.25) is 5.02 Å². The molecule has 7 heteroatoms. The number of amides is 2. The van der Waals surface area contributed by atoms with Crippen molar-refractivity contribution in [1.82, 2.24) is 10.2 Å². The maximum Gasteiger partial charge on any atom is 0.261 e. The fraction of sp³-hybridized carbons (Fsp3) is 0.217. The standard InChI is InChI=1S/C23H23ClN2O4/c1-17(23(28)25-14-19-10-7-13-29-19)26(15-18-8-3-2-4-9-18)22(27)16-30-21-12-6-5-11-20(21)24/h2-13,17H,14-16H2,1H3,(H,25,28). The quantitative estimate of drug-likeness (QED) is 0.560. The molecule has 1 aromatic heterocycles. The van der Waals surface area contributed by atoms with Crippen LogP contribution in [-0.2, 0) is 22.7 Å². The number of carbonyl (C=O) groups excluding carboxylic acids is 2. The Kier molecular flexibility index (Phi) is 7.51. The summed E-state index contributed by atoms with van der Waals surface area (Å²) in [4.78, 5) is 27.2. The molecule has 0 saturated heterocycles. The van der Waals surface area contributed by atoms with Gasteiger partial charge in [0.15, 0.2) is 6.61 Å². The first-order valence-corrected chi connectivity index (χ1v) is 9.93. The number of para-hydroxylation sites is 1. The maximum atomic E-state index is 13.0. The monoisotopic (exact) mass is 426 g/mol. The van der Waals surface area contributed by atoms with Gasteiger partial charge in [-0.2, -0.15) is 0 Å². The van der Waals surface area contributed by atoms with E-state index in [9.17, 15) is 9.59 Å². The van der Waals surface area contributed by atoms with Crippen molar-refractivity contribution in [3.63, 3.8) is 0 Å². The van der Waals surface area contributed by atoms with Crippen LogP contribution in [0.5, 0.6) is 5.75 Å². The van der Waals surface area contributed by atoms with Crippen molar-refractivity contribution in [2.45, 2.75) is 26.1 Å². The third-order valence-corrected chi connectivity index (χ3v) is 4.88. The van der Waals surface area contributed by atoms with Gasteiger partial charge in [0.2, 0.25) is 5.91 Å². The zero-order valence-electron chi connectivity index (χ0n) is 16.6. The van der Waals surface area contributed by atoms with Gasteiger partial charge in [-0.15, -0.1) is 0 Å². The highest BCUT2D eigenvalue weighted by atomic mass is 35.5. The minimum atomic E-state index is -0.706. The molecule has 3 rings (SSSR count). The molecule has 2 aromatic carbocycles. The number of rotatable bonds is 9. The molecule has 0 fully saturated rings. The van der Waals surface area contributed by atoms with E-state index in [0.29, 0.717) is 16.5 Å². The second-order valence-electron chi connectivity index (χ2n) is 6.70. The molecule has 1 N–H and O–H groups in total. The zero-order valence-corrected chi connectivity index (χ0v) is 17.3. The summed E-state index contributed by atoms with van der Waals surface area (Å²) >= 11 is 6.10. The molecular weight excluding hydrogens is 404 g/mol. The lowest BCUT2D eigenvalue weighted by atomic mass is 10.1.